The standard InChI is InChI=1S/C17H22O/c1-6-7-16(10-8-13(2)3)18-17-11-9-14(4)15(5)12-17/h6-12H,1-5H3/b7-6+,16-10+. The average molecular weight is 242 g/mol. The fraction of sp³-hybridized carbons (Fsp3) is 0.294. The predicted octanol–water partition coefficient (Wildman–Crippen LogP) is 5.11. The van der Waals surface area contributed by atoms with E-state index in [0.29, 0.717) is 0 Å². The third kappa shape index (κ3) is 4.62. The summed E-state index contributed by atoms with van der Waals surface area (Å²) in [5.74, 6) is 1.73. The lowest BCUT2D eigenvalue weighted by Gasteiger charge is -2.08. The number of aryl methyl sites for hydroxylation is 2. The molecular formula is C17H22O. The van der Waals surface area contributed by atoms with Crippen LogP contribution in [0.2, 0.25) is 0 Å². The molecule has 0 heterocycles. The van der Waals surface area contributed by atoms with Gasteiger partial charge in [0.2, 0.25) is 0 Å². The molecule has 0 unspecified atom stereocenters. The zero-order chi connectivity index (χ0) is 13.5. The van der Waals surface area contributed by atoms with Gasteiger partial charge in [-0.1, -0.05) is 23.8 Å². The number of ether oxygens (including phenoxy) is 1. The molecule has 1 aromatic carbocycles. The minimum atomic E-state index is 0.849. The van der Waals surface area contributed by atoms with Crippen molar-refractivity contribution < 1.29 is 4.74 Å². The molecule has 0 aliphatic heterocycles. The molecule has 0 fully saturated rings. The Labute approximate surface area is 110 Å². The molecule has 0 aliphatic rings. The van der Waals surface area contributed by atoms with E-state index < -0.39 is 0 Å². The van der Waals surface area contributed by atoms with Gasteiger partial charge in [-0.2, -0.15) is 0 Å². The molecule has 0 atom stereocenters. The lowest BCUT2D eigenvalue weighted by molar-refractivity contribution is 0.444. The van der Waals surface area contributed by atoms with Gasteiger partial charge >= 0.3 is 0 Å². The van der Waals surface area contributed by atoms with Gasteiger partial charge in [-0.15, -0.1) is 0 Å². The van der Waals surface area contributed by atoms with Crippen LogP contribution in [0.5, 0.6) is 5.75 Å². The third-order valence-corrected chi connectivity index (χ3v) is 2.63. The quantitative estimate of drug-likeness (QED) is 0.526. The van der Waals surface area contributed by atoms with Gasteiger partial charge < -0.3 is 4.74 Å². The van der Waals surface area contributed by atoms with Gasteiger partial charge in [-0.05, 0) is 70.0 Å². The van der Waals surface area contributed by atoms with E-state index in [1.807, 2.05) is 31.2 Å². The highest BCUT2D eigenvalue weighted by Crippen LogP contribution is 2.19. The van der Waals surface area contributed by atoms with Crippen LogP contribution in [-0.4, -0.2) is 0 Å². The largest absolute Gasteiger partial charge is 0.457 e. The number of allylic oxidation sites excluding steroid dienone is 5. The Morgan fingerprint density at radius 2 is 1.78 bits per heavy atom. The molecular weight excluding hydrogens is 220 g/mol. The minimum absolute atomic E-state index is 0.849. The number of benzene rings is 1. The van der Waals surface area contributed by atoms with E-state index in [0.717, 1.165) is 11.5 Å². The Hall–Kier alpha value is -1.76. The van der Waals surface area contributed by atoms with Crippen LogP contribution in [0.4, 0.5) is 0 Å². The molecule has 0 amide bonds. The van der Waals surface area contributed by atoms with Crippen molar-refractivity contribution in [3.8, 4) is 5.75 Å². The molecule has 0 saturated heterocycles. The summed E-state index contributed by atoms with van der Waals surface area (Å²) < 4.78 is 5.87. The summed E-state index contributed by atoms with van der Waals surface area (Å²) >= 11 is 0. The topological polar surface area (TPSA) is 9.23 Å². The third-order valence-electron chi connectivity index (χ3n) is 2.63. The Kier molecular flexibility index (Phi) is 5.44. The van der Waals surface area contributed by atoms with Crippen molar-refractivity contribution in [3.63, 3.8) is 0 Å². The lowest BCUT2D eigenvalue weighted by Crippen LogP contribution is -1.93. The molecule has 0 N–H and O–H groups in total. The van der Waals surface area contributed by atoms with Crippen molar-refractivity contribution in [2.45, 2.75) is 34.6 Å². The van der Waals surface area contributed by atoms with Gasteiger partial charge in [0.25, 0.3) is 0 Å². The van der Waals surface area contributed by atoms with Gasteiger partial charge in [-0.25, -0.2) is 0 Å². The van der Waals surface area contributed by atoms with Crippen LogP contribution in [0.15, 0.2) is 53.8 Å². The molecule has 1 aromatic rings. The monoisotopic (exact) mass is 242 g/mol. The van der Waals surface area contributed by atoms with Crippen LogP contribution in [0.1, 0.15) is 31.9 Å². The first-order valence-electron chi connectivity index (χ1n) is 6.26. The first-order chi connectivity index (χ1) is 8.52. The SMILES string of the molecule is C/C=C/C(=C\C=C(C)C)Oc1ccc(C)c(C)c1. The highest BCUT2D eigenvalue weighted by Gasteiger charge is 1.99. The Morgan fingerprint density at radius 3 is 2.33 bits per heavy atom. The predicted molar refractivity (Wildman–Crippen MR) is 78.9 cm³/mol. The van der Waals surface area contributed by atoms with E-state index in [1.54, 1.807) is 0 Å². The molecule has 0 aliphatic carbocycles. The summed E-state index contributed by atoms with van der Waals surface area (Å²) in [6.07, 6.45) is 7.99. The molecule has 0 bridgehead atoms. The maximum absolute atomic E-state index is 5.87. The van der Waals surface area contributed by atoms with Crippen molar-refractivity contribution in [2.24, 2.45) is 0 Å². The second-order valence-electron chi connectivity index (χ2n) is 4.66. The highest BCUT2D eigenvalue weighted by molar-refractivity contribution is 5.36. The fourth-order valence-electron chi connectivity index (χ4n) is 1.45. The van der Waals surface area contributed by atoms with Crippen LogP contribution in [-0.2, 0) is 0 Å². The average Bonchev–Trinajstić information content (AvgIpc) is 2.31. The second kappa shape index (κ2) is 6.85. The molecule has 96 valence electrons. The summed E-state index contributed by atoms with van der Waals surface area (Å²) in [6, 6.07) is 6.15. The van der Waals surface area contributed by atoms with E-state index >= 15 is 0 Å². The van der Waals surface area contributed by atoms with Crippen LogP contribution in [0, 0.1) is 13.8 Å². The maximum Gasteiger partial charge on any atom is 0.127 e. The summed E-state index contributed by atoms with van der Waals surface area (Å²) in [7, 11) is 0. The summed E-state index contributed by atoms with van der Waals surface area (Å²) in [5.41, 5.74) is 3.78. The van der Waals surface area contributed by atoms with Crippen LogP contribution in [0.25, 0.3) is 0 Å². The molecule has 1 nitrogen and oxygen atoms in total. The zero-order valence-electron chi connectivity index (χ0n) is 11.9. The summed E-state index contributed by atoms with van der Waals surface area (Å²) in [6.45, 7) is 10.3. The first kappa shape index (κ1) is 14.3. The summed E-state index contributed by atoms with van der Waals surface area (Å²) in [5, 5.41) is 0. The van der Waals surface area contributed by atoms with Crippen LogP contribution >= 0.6 is 0 Å². The number of rotatable bonds is 4. The van der Waals surface area contributed by atoms with Gasteiger partial charge in [0.05, 0.1) is 0 Å². The van der Waals surface area contributed by atoms with Crippen LogP contribution in [0.3, 0.4) is 0 Å². The summed E-state index contributed by atoms with van der Waals surface area (Å²) in [4.78, 5) is 0. The highest BCUT2D eigenvalue weighted by atomic mass is 16.5. The minimum Gasteiger partial charge on any atom is -0.457 e. The lowest BCUT2D eigenvalue weighted by atomic mass is 10.1. The van der Waals surface area contributed by atoms with Crippen molar-refractivity contribution in [3.05, 3.63) is 65.0 Å². The van der Waals surface area contributed by atoms with E-state index in [4.69, 9.17) is 4.74 Å². The van der Waals surface area contributed by atoms with E-state index in [1.165, 1.54) is 16.7 Å². The normalized spacial score (nSPS) is 11.7. The Balaban J connectivity index is 2.93. The van der Waals surface area contributed by atoms with Gasteiger partial charge in [0, 0.05) is 0 Å². The second-order valence-corrected chi connectivity index (χ2v) is 4.66. The molecule has 0 radical (unpaired) electrons. The van der Waals surface area contributed by atoms with Gasteiger partial charge in [0.15, 0.2) is 0 Å². The molecule has 18 heavy (non-hydrogen) atoms. The zero-order valence-corrected chi connectivity index (χ0v) is 11.9. The molecule has 1 heteroatoms. The smallest absolute Gasteiger partial charge is 0.127 e. The molecule has 1 rings (SSSR count). The van der Waals surface area contributed by atoms with Gasteiger partial charge in [-0.3, -0.25) is 0 Å². The van der Waals surface area contributed by atoms with E-state index in [2.05, 4.69) is 45.9 Å². The Bertz CT molecular complexity index is 486. The molecule has 0 spiro atoms. The number of hydrogen-bond acceptors (Lipinski definition) is 1. The van der Waals surface area contributed by atoms with Crippen molar-refractivity contribution in [1.29, 1.82) is 0 Å². The Morgan fingerprint density at radius 1 is 1.06 bits per heavy atom. The van der Waals surface area contributed by atoms with E-state index in [9.17, 15) is 0 Å². The number of hydrogen-bond donors (Lipinski definition) is 0. The van der Waals surface area contributed by atoms with Gasteiger partial charge in [0.1, 0.15) is 11.5 Å². The van der Waals surface area contributed by atoms with Crippen LogP contribution < -0.4 is 4.74 Å². The fourth-order valence-corrected chi connectivity index (χ4v) is 1.45. The van der Waals surface area contributed by atoms with Crippen molar-refractivity contribution in [1.82, 2.24) is 0 Å². The van der Waals surface area contributed by atoms with Crippen molar-refractivity contribution >= 4 is 0 Å². The van der Waals surface area contributed by atoms with E-state index in [-0.39, 0.29) is 0 Å². The molecule has 0 saturated carbocycles. The van der Waals surface area contributed by atoms with Crippen molar-refractivity contribution in [2.75, 3.05) is 0 Å². The maximum atomic E-state index is 5.87. The molecule has 0 aromatic heterocycles. The first-order valence-corrected chi connectivity index (χ1v) is 6.26.